The van der Waals surface area contributed by atoms with Gasteiger partial charge in [0.25, 0.3) is 0 Å². The smallest absolute Gasteiger partial charge is 0.0671 e. The highest BCUT2D eigenvalue weighted by Gasteiger charge is 2.40. The molecule has 0 unspecified atom stereocenters. The number of piperazine rings is 1. The van der Waals surface area contributed by atoms with Gasteiger partial charge in [0.1, 0.15) is 0 Å². The largest absolute Gasteiger partial charge is 0.377 e. The summed E-state index contributed by atoms with van der Waals surface area (Å²) in [5, 5.41) is 8.39. The number of hydrogen-bond donors (Lipinski definition) is 1. The zero-order valence-corrected chi connectivity index (χ0v) is 12.7. The molecule has 21 heavy (non-hydrogen) atoms. The summed E-state index contributed by atoms with van der Waals surface area (Å²) in [6.45, 7) is 10.6. The van der Waals surface area contributed by atoms with Gasteiger partial charge in [-0.3, -0.25) is 10.00 Å². The molecular formula is C16H22N4O. The summed E-state index contributed by atoms with van der Waals surface area (Å²) in [4.78, 5) is 5.08. The highest BCUT2D eigenvalue weighted by Crippen LogP contribution is 2.29. The van der Waals surface area contributed by atoms with E-state index in [1.807, 2.05) is 6.20 Å². The van der Waals surface area contributed by atoms with Crippen molar-refractivity contribution >= 4 is 16.6 Å². The van der Waals surface area contributed by atoms with Gasteiger partial charge in [-0.25, -0.2) is 0 Å². The minimum absolute atomic E-state index is 0.272. The van der Waals surface area contributed by atoms with Gasteiger partial charge in [-0.1, -0.05) is 0 Å². The summed E-state index contributed by atoms with van der Waals surface area (Å²) in [5.74, 6) is 0. The molecule has 0 aliphatic carbocycles. The summed E-state index contributed by atoms with van der Waals surface area (Å²) in [6, 6.07) is 4.46. The molecule has 0 atom stereocenters. The predicted octanol–water partition coefficient (Wildman–Crippen LogP) is 1.78. The number of fused-ring (bicyclic) bond motifs is 1. The first-order chi connectivity index (χ1) is 10.2. The topological polar surface area (TPSA) is 44.4 Å². The molecule has 0 amide bonds. The van der Waals surface area contributed by atoms with Crippen molar-refractivity contribution in [1.29, 1.82) is 0 Å². The number of aromatic nitrogens is 2. The van der Waals surface area contributed by atoms with Crippen LogP contribution in [0.25, 0.3) is 10.9 Å². The molecule has 0 radical (unpaired) electrons. The van der Waals surface area contributed by atoms with E-state index in [4.69, 9.17) is 4.74 Å². The van der Waals surface area contributed by atoms with Crippen molar-refractivity contribution in [2.45, 2.75) is 19.4 Å². The SMILES string of the molecule is Cc1cc2cn[nH]c2cc1N1CCN(C2(C)COC2)CC1. The van der Waals surface area contributed by atoms with Crippen LogP contribution in [0.3, 0.4) is 0 Å². The first-order valence-corrected chi connectivity index (χ1v) is 7.67. The fraction of sp³-hybridized carbons (Fsp3) is 0.562. The molecule has 5 heteroatoms. The molecular weight excluding hydrogens is 264 g/mol. The maximum atomic E-state index is 5.39. The monoisotopic (exact) mass is 286 g/mol. The average Bonchev–Trinajstić information content (AvgIpc) is 2.91. The molecule has 3 heterocycles. The van der Waals surface area contributed by atoms with Crippen molar-refractivity contribution in [2.75, 3.05) is 44.3 Å². The van der Waals surface area contributed by atoms with E-state index in [1.165, 1.54) is 16.6 Å². The fourth-order valence-electron chi connectivity index (χ4n) is 3.50. The predicted molar refractivity (Wildman–Crippen MR) is 83.8 cm³/mol. The fourth-order valence-corrected chi connectivity index (χ4v) is 3.50. The molecule has 2 fully saturated rings. The Kier molecular flexibility index (Phi) is 2.94. The number of aromatic amines is 1. The van der Waals surface area contributed by atoms with Gasteiger partial charge >= 0.3 is 0 Å². The zero-order chi connectivity index (χ0) is 14.4. The highest BCUT2D eigenvalue weighted by atomic mass is 16.5. The highest BCUT2D eigenvalue weighted by molar-refractivity contribution is 5.83. The number of nitrogens with zero attached hydrogens (tertiary/aromatic N) is 3. The number of benzene rings is 1. The molecule has 2 aromatic rings. The quantitative estimate of drug-likeness (QED) is 0.914. The lowest BCUT2D eigenvalue weighted by Crippen LogP contribution is -2.64. The number of aryl methyl sites for hydroxylation is 1. The van der Waals surface area contributed by atoms with Crippen LogP contribution in [0.5, 0.6) is 0 Å². The van der Waals surface area contributed by atoms with Crippen LogP contribution in [0.15, 0.2) is 18.3 Å². The average molecular weight is 286 g/mol. The molecule has 1 aromatic heterocycles. The summed E-state index contributed by atoms with van der Waals surface area (Å²) in [6.07, 6.45) is 1.89. The minimum atomic E-state index is 0.272. The van der Waals surface area contributed by atoms with E-state index in [0.717, 1.165) is 44.9 Å². The maximum absolute atomic E-state index is 5.39. The van der Waals surface area contributed by atoms with Crippen LogP contribution >= 0.6 is 0 Å². The minimum Gasteiger partial charge on any atom is -0.377 e. The number of ether oxygens (including phenoxy) is 1. The van der Waals surface area contributed by atoms with E-state index < -0.39 is 0 Å². The molecule has 2 aliphatic heterocycles. The van der Waals surface area contributed by atoms with Gasteiger partial charge in [0.05, 0.1) is 30.5 Å². The van der Waals surface area contributed by atoms with Gasteiger partial charge in [0.2, 0.25) is 0 Å². The molecule has 0 bridgehead atoms. The van der Waals surface area contributed by atoms with Crippen LogP contribution < -0.4 is 4.90 Å². The molecule has 1 aromatic carbocycles. The van der Waals surface area contributed by atoms with Crippen LogP contribution in [0.4, 0.5) is 5.69 Å². The van der Waals surface area contributed by atoms with Gasteiger partial charge in [0, 0.05) is 37.3 Å². The van der Waals surface area contributed by atoms with Crippen molar-refractivity contribution in [1.82, 2.24) is 15.1 Å². The zero-order valence-electron chi connectivity index (χ0n) is 12.7. The van der Waals surface area contributed by atoms with Crippen molar-refractivity contribution in [3.05, 3.63) is 23.9 Å². The van der Waals surface area contributed by atoms with E-state index in [2.05, 4.69) is 46.0 Å². The van der Waals surface area contributed by atoms with E-state index >= 15 is 0 Å². The van der Waals surface area contributed by atoms with E-state index in [0.29, 0.717) is 0 Å². The van der Waals surface area contributed by atoms with Gasteiger partial charge in [-0.05, 0) is 31.5 Å². The Morgan fingerprint density at radius 2 is 1.95 bits per heavy atom. The Hall–Kier alpha value is -1.59. The molecule has 1 N–H and O–H groups in total. The number of anilines is 1. The molecule has 2 aliphatic rings. The number of rotatable bonds is 2. The van der Waals surface area contributed by atoms with Gasteiger partial charge in [-0.15, -0.1) is 0 Å². The van der Waals surface area contributed by atoms with Crippen molar-refractivity contribution in [3.8, 4) is 0 Å². The summed E-state index contributed by atoms with van der Waals surface area (Å²) >= 11 is 0. The standard InChI is InChI=1S/C16H22N4O/c1-12-7-13-9-17-18-14(13)8-15(12)19-3-5-20(6-4-19)16(2)10-21-11-16/h7-9H,3-6,10-11H2,1-2H3,(H,17,18). The lowest BCUT2D eigenvalue weighted by Gasteiger charge is -2.50. The van der Waals surface area contributed by atoms with E-state index in [1.54, 1.807) is 0 Å². The number of H-pyrrole nitrogens is 1. The molecule has 112 valence electrons. The normalized spacial score (nSPS) is 22.5. The Balaban J connectivity index is 1.53. The third-order valence-corrected chi connectivity index (χ3v) is 4.97. The second-order valence-electron chi connectivity index (χ2n) is 6.56. The molecule has 2 saturated heterocycles. The van der Waals surface area contributed by atoms with Gasteiger partial charge in [0.15, 0.2) is 0 Å². The Labute approximate surface area is 124 Å². The third kappa shape index (κ3) is 2.12. The van der Waals surface area contributed by atoms with Crippen LogP contribution in [0.1, 0.15) is 12.5 Å². The first-order valence-electron chi connectivity index (χ1n) is 7.67. The lowest BCUT2D eigenvalue weighted by atomic mass is 9.96. The molecule has 5 nitrogen and oxygen atoms in total. The van der Waals surface area contributed by atoms with Crippen molar-refractivity contribution < 1.29 is 4.74 Å². The Morgan fingerprint density at radius 3 is 2.62 bits per heavy atom. The number of hydrogen-bond acceptors (Lipinski definition) is 4. The van der Waals surface area contributed by atoms with Crippen LogP contribution in [-0.4, -0.2) is 60.0 Å². The summed E-state index contributed by atoms with van der Waals surface area (Å²) < 4.78 is 5.39. The third-order valence-electron chi connectivity index (χ3n) is 4.97. The second-order valence-corrected chi connectivity index (χ2v) is 6.56. The van der Waals surface area contributed by atoms with Crippen LogP contribution in [0, 0.1) is 6.92 Å². The van der Waals surface area contributed by atoms with Crippen molar-refractivity contribution in [2.24, 2.45) is 0 Å². The molecule has 0 saturated carbocycles. The second kappa shape index (κ2) is 4.71. The van der Waals surface area contributed by atoms with Crippen LogP contribution in [-0.2, 0) is 4.74 Å². The Morgan fingerprint density at radius 1 is 1.19 bits per heavy atom. The lowest BCUT2D eigenvalue weighted by molar-refractivity contribution is -0.131. The van der Waals surface area contributed by atoms with Gasteiger partial charge < -0.3 is 9.64 Å². The maximum Gasteiger partial charge on any atom is 0.0671 e. The summed E-state index contributed by atoms with van der Waals surface area (Å²) in [5.41, 5.74) is 4.06. The first kappa shape index (κ1) is 13.1. The van der Waals surface area contributed by atoms with Crippen molar-refractivity contribution in [3.63, 3.8) is 0 Å². The van der Waals surface area contributed by atoms with Crippen LogP contribution in [0.2, 0.25) is 0 Å². The Bertz CT molecular complexity index is 653. The van der Waals surface area contributed by atoms with Gasteiger partial charge in [-0.2, -0.15) is 5.10 Å². The molecule has 4 rings (SSSR count). The molecule has 0 spiro atoms. The summed E-state index contributed by atoms with van der Waals surface area (Å²) in [7, 11) is 0. The number of nitrogens with one attached hydrogen (secondary N) is 1. The van der Waals surface area contributed by atoms with E-state index in [-0.39, 0.29) is 5.54 Å². The van der Waals surface area contributed by atoms with E-state index in [9.17, 15) is 0 Å².